The molecule has 0 aromatic heterocycles. The monoisotopic (exact) mass is 675 g/mol. The Morgan fingerprint density at radius 3 is 2.35 bits per heavy atom. The molecule has 0 saturated carbocycles. The number of fused-ring (bicyclic) bond motifs is 1. The third-order valence-corrected chi connectivity index (χ3v) is 8.48. The van der Waals surface area contributed by atoms with Crippen molar-refractivity contribution in [3.05, 3.63) is 78.4 Å². The van der Waals surface area contributed by atoms with E-state index in [0.29, 0.717) is 41.7 Å². The maximum Gasteiger partial charge on any atom is 0.323 e. The summed E-state index contributed by atoms with van der Waals surface area (Å²) in [7, 11) is 3.28. The zero-order chi connectivity index (χ0) is 35.3. The fraction of sp³-hybridized carbons (Fsp3) is 0.432. The molecule has 264 valence electrons. The van der Waals surface area contributed by atoms with E-state index < -0.39 is 18.2 Å². The summed E-state index contributed by atoms with van der Waals surface area (Å²) in [6.45, 7) is 6.46. The first kappa shape index (κ1) is 37.0. The van der Waals surface area contributed by atoms with Crippen molar-refractivity contribution < 1.29 is 33.7 Å². The van der Waals surface area contributed by atoms with Crippen molar-refractivity contribution in [1.82, 2.24) is 9.80 Å². The third kappa shape index (κ3) is 10.8. The highest BCUT2D eigenvalue weighted by molar-refractivity contribution is 6.02. The summed E-state index contributed by atoms with van der Waals surface area (Å²) in [6, 6.07) is 19.8. The zero-order valence-corrected chi connectivity index (χ0v) is 29.0. The second-order valence-corrected chi connectivity index (χ2v) is 12.5. The number of aliphatic hydroxyl groups excluding tert-OH is 1. The molecule has 12 heteroatoms. The van der Waals surface area contributed by atoms with Crippen LogP contribution in [-0.2, 0) is 4.74 Å². The second kappa shape index (κ2) is 18.1. The van der Waals surface area contributed by atoms with Crippen LogP contribution in [0.3, 0.4) is 0 Å². The van der Waals surface area contributed by atoms with Crippen LogP contribution in [0.25, 0.3) is 0 Å². The third-order valence-electron chi connectivity index (χ3n) is 8.48. The number of rotatable bonds is 8. The van der Waals surface area contributed by atoms with Crippen molar-refractivity contribution in [3.8, 4) is 11.5 Å². The van der Waals surface area contributed by atoms with Crippen molar-refractivity contribution in [1.29, 1.82) is 0 Å². The first-order valence-electron chi connectivity index (χ1n) is 16.7. The van der Waals surface area contributed by atoms with Crippen molar-refractivity contribution in [2.24, 2.45) is 5.92 Å². The molecule has 4 rings (SSSR count). The van der Waals surface area contributed by atoms with Gasteiger partial charge in [-0.2, -0.15) is 0 Å². The average molecular weight is 676 g/mol. The van der Waals surface area contributed by atoms with Crippen molar-refractivity contribution in [2.75, 3.05) is 56.4 Å². The molecular formula is C37H49N5O7. The number of urea groups is 2. The number of nitrogens with one attached hydrogen (secondary N) is 3. The van der Waals surface area contributed by atoms with Gasteiger partial charge < -0.3 is 45.1 Å². The van der Waals surface area contributed by atoms with Gasteiger partial charge in [-0.3, -0.25) is 4.79 Å². The van der Waals surface area contributed by atoms with Gasteiger partial charge in [0.05, 0.1) is 37.5 Å². The number of amides is 5. The van der Waals surface area contributed by atoms with Crippen molar-refractivity contribution in [3.63, 3.8) is 0 Å². The molecule has 1 heterocycles. The molecule has 0 aliphatic carbocycles. The van der Waals surface area contributed by atoms with Gasteiger partial charge in [0.15, 0.2) is 0 Å². The SMILES string of the molecule is COc1ccc(NC(=O)Nc2ccc3c(c2)C(=O)N([C@H](C)CO)C[C@H](C)[C@@H](CN(C)C(=O)Nc2ccccc2)OCCCC[C@@H](C)O3)cc1. The Bertz CT molecular complexity index is 1520. The van der Waals surface area contributed by atoms with Gasteiger partial charge in [0.25, 0.3) is 5.91 Å². The molecule has 0 saturated heterocycles. The van der Waals surface area contributed by atoms with Crippen LogP contribution in [0.2, 0.25) is 0 Å². The van der Waals surface area contributed by atoms with Gasteiger partial charge in [0.2, 0.25) is 0 Å². The fourth-order valence-corrected chi connectivity index (χ4v) is 5.52. The first-order valence-corrected chi connectivity index (χ1v) is 16.7. The molecule has 3 aromatic rings. The van der Waals surface area contributed by atoms with Gasteiger partial charge in [-0.15, -0.1) is 0 Å². The predicted molar refractivity (Wildman–Crippen MR) is 191 cm³/mol. The van der Waals surface area contributed by atoms with Crippen LogP contribution in [0.4, 0.5) is 26.7 Å². The maximum absolute atomic E-state index is 14.4. The van der Waals surface area contributed by atoms with Crippen LogP contribution >= 0.6 is 0 Å². The van der Waals surface area contributed by atoms with E-state index in [1.54, 1.807) is 73.3 Å². The molecule has 4 atom stereocenters. The van der Waals surface area contributed by atoms with E-state index in [-0.39, 0.29) is 42.7 Å². The molecule has 0 unspecified atom stereocenters. The standard InChI is InChI=1S/C37H49N5O7/c1-25-22-42(26(2)24-43)35(44)32-21-30(39-36(45)38-29-14-17-31(47-5)18-15-29)16-19-33(32)49-27(3)11-9-10-20-48-34(25)23-41(4)37(46)40-28-12-7-6-8-13-28/h6-8,12-19,21,25-27,34,43H,9-11,20,22-24H2,1-5H3,(H,40,46)(H2,38,39,45)/t25-,26+,27+,34+/m0/s1. The summed E-state index contributed by atoms with van der Waals surface area (Å²) in [4.78, 5) is 43.5. The minimum absolute atomic E-state index is 0.196. The number of hydrogen-bond donors (Lipinski definition) is 4. The number of anilines is 3. The van der Waals surface area contributed by atoms with Crippen LogP contribution in [0.5, 0.6) is 11.5 Å². The summed E-state index contributed by atoms with van der Waals surface area (Å²) in [5, 5.41) is 18.7. The van der Waals surface area contributed by atoms with Crippen LogP contribution in [0.15, 0.2) is 72.8 Å². The second-order valence-electron chi connectivity index (χ2n) is 12.5. The van der Waals surface area contributed by atoms with Gasteiger partial charge >= 0.3 is 12.1 Å². The quantitative estimate of drug-likeness (QED) is 0.220. The Labute approximate surface area is 288 Å². The Balaban J connectivity index is 1.57. The summed E-state index contributed by atoms with van der Waals surface area (Å²) in [5.41, 5.74) is 1.92. The van der Waals surface area contributed by atoms with Crippen LogP contribution in [0, 0.1) is 5.92 Å². The first-order chi connectivity index (χ1) is 23.6. The number of hydrogen-bond acceptors (Lipinski definition) is 7. The minimum atomic E-state index is -0.539. The summed E-state index contributed by atoms with van der Waals surface area (Å²) < 4.78 is 17.8. The molecule has 3 aromatic carbocycles. The predicted octanol–water partition coefficient (Wildman–Crippen LogP) is 6.30. The van der Waals surface area contributed by atoms with Gasteiger partial charge in [-0.1, -0.05) is 25.1 Å². The highest BCUT2D eigenvalue weighted by Gasteiger charge is 2.31. The molecule has 0 spiro atoms. The summed E-state index contributed by atoms with van der Waals surface area (Å²) in [5.74, 6) is 0.483. The molecule has 0 bridgehead atoms. The lowest BCUT2D eigenvalue weighted by Crippen LogP contribution is -2.48. The average Bonchev–Trinajstić information content (AvgIpc) is 3.10. The molecule has 12 nitrogen and oxygen atoms in total. The minimum Gasteiger partial charge on any atom is -0.497 e. The molecule has 5 amide bonds. The number of para-hydroxylation sites is 1. The zero-order valence-electron chi connectivity index (χ0n) is 29.0. The van der Waals surface area contributed by atoms with Crippen LogP contribution in [-0.4, -0.2) is 91.6 Å². The largest absolute Gasteiger partial charge is 0.497 e. The lowest BCUT2D eigenvalue weighted by atomic mass is 10.0. The molecule has 0 radical (unpaired) electrons. The number of ether oxygens (including phenoxy) is 3. The molecule has 4 N–H and O–H groups in total. The number of likely N-dealkylation sites (N-methyl/N-ethyl adjacent to an activating group) is 1. The Hall–Kier alpha value is -4.81. The van der Waals surface area contributed by atoms with E-state index >= 15 is 0 Å². The lowest BCUT2D eigenvalue weighted by Gasteiger charge is -2.35. The molecular weight excluding hydrogens is 626 g/mol. The van der Waals surface area contributed by atoms with Gasteiger partial charge in [-0.25, -0.2) is 9.59 Å². The summed E-state index contributed by atoms with van der Waals surface area (Å²) >= 11 is 0. The molecule has 49 heavy (non-hydrogen) atoms. The van der Waals surface area contributed by atoms with E-state index in [9.17, 15) is 19.5 Å². The molecule has 1 aliphatic rings. The Kier molecular flexibility index (Phi) is 13.7. The van der Waals surface area contributed by atoms with Gasteiger partial charge in [-0.05, 0) is 87.7 Å². The molecule has 1 aliphatic heterocycles. The van der Waals surface area contributed by atoms with E-state index in [1.165, 1.54) is 0 Å². The van der Waals surface area contributed by atoms with Gasteiger partial charge in [0, 0.05) is 49.7 Å². The Morgan fingerprint density at radius 1 is 0.980 bits per heavy atom. The van der Waals surface area contributed by atoms with Crippen molar-refractivity contribution >= 4 is 35.0 Å². The Morgan fingerprint density at radius 2 is 1.65 bits per heavy atom. The number of aliphatic hydroxyl groups is 1. The van der Waals surface area contributed by atoms with E-state index in [4.69, 9.17) is 14.2 Å². The van der Waals surface area contributed by atoms with E-state index in [0.717, 1.165) is 19.3 Å². The maximum atomic E-state index is 14.4. The smallest absolute Gasteiger partial charge is 0.323 e. The topological polar surface area (TPSA) is 142 Å². The number of benzene rings is 3. The highest BCUT2D eigenvalue weighted by Crippen LogP contribution is 2.29. The normalized spacial score (nSPS) is 19.3. The van der Waals surface area contributed by atoms with Crippen molar-refractivity contribution in [2.45, 2.75) is 58.3 Å². The molecule has 0 fully saturated rings. The number of nitrogens with zero attached hydrogens (tertiary/aromatic N) is 2. The van der Waals surface area contributed by atoms with Crippen LogP contribution in [0.1, 0.15) is 50.4 Å². The number of carbonyl (C=O) groups is 3. The van der Waals surface area contributed by atoms with Crippen LogP contribution < -0.4 is 25.4 Å². The van der Waals surface area contributed by atoms with E-state index in [1.807, 2.05) is 44.2 Å². The number of methoxy groups -OCH3 is 1. The highest BCUT2D eigenvalue weighted by atomic mass is 16.5. The lowest BCUT2D eigenvalue weighted by molar-refractivity contribution is -0.0115. The van der Waals surface area contributed by atoms with E-state index in [2.05, 4.69) is 16.0 Å². The summed E-state index contributed by atoms with van der Waals surface area (Å²) in [6.07, 6.45) is 1.79. The van der Waals surface area contributed by atoms with Gasteiger partial charge in [0.1, 0.15) is 11.5 Å². The fourth-order valence-electron chi connectivity index (χ4n) is 5.52. The number of carbonyl (C=O) groups excluding carboxylic acids is 3.